The number of para-hydroxylation sites is 1. The highest BCUT2D eigenvalue weighted by molar-refractivity contribution is 6.33. The van der Waals surface area contributed by atoms with E-state index in [2.05, 4.69) is 18.1 Å². The molecule has 0 unspecified atom stereocenters. The third kappa shape index (κ3) is 6.80. The van der Waals surface area contributed by atoms with Crippen molar-refractivity contribution in [1.82, 2.24) is 19.4 Å². The van der Waals surface area contributed by atoms with Gasteiger partial charge in [-0.25, -0.2) is 23.5 Å². The van der Waals surface area contributed by atoms with E-state index < -0.39 is 23.2 Å². The Kier molecular flexibility index (Phi) is 9.96. The van der Waals surface area contributed by atoms with Crippen molar-refractivity contribution < 1.29 is 18.7 Å². The molecule has 1 aliphatic rings. The number of ether oxygens (including phenoxy) is 2. The van der Waals surface area contributed by atoms with Crippen LogP contribution in [0, 0.1) is 5.82 Å². The molecule has 5 rings (SSSR count). The number of hydrogen-bond donors (Lipinski definition) is 0. The zero-order valence-corrected chi connectivity index (χ0v) is 29.0. The van der Waals surface area contributed by atoms with Gasteiger partial charge in [0, 0.05) is 25.7 Å². The molecule has 1 fully saturated rings. The first-order chi connectivity index (χ1) is 22.7. The molecule has 1 aliphatic heterocycles. The van der Waals surface area contributed by atoms with Gasteiger partial charge in [-0.1, -0.05) is 75.0 Å². The van der Waals surface area contributed by atoms with Crippen LogP contribution in [0.4, 0.5) is 15.0 Å². The van der Waals surface area contributed by atoms with E-state index in [4.69, 9.17) is 26.1 Å². The Bertz CT molecular complexity index is 1950. The smallest absolute Gasteiger partial charge is 0.410 e. The predicted molar refractivity (Wildman–Crippen MR) is 190 cm³/mol. The Morgan fingerprint density at radius 2 is 1.88 bits per heavy atom. The maximum absolute atomic E-state index is 16.4. The fourth-order valence-electron chi connectivity index (χ4n) is 5.94. The van der Waals surface area contributed by atoms with Crippen molar-refractivity contribution in [2.45, 2.75) is 59.1 Å². The molecule has 9 nitrogen and oxygen atoms in total. The van der Waals surface area contributed by atoms with E-state index in [0.29, 0.717) is 42.0 Å². The summed E-state index contributed by atoms with van der Waals surface area (Å²) in [4.78, 5) is 40.1. The van der Waals surface area contributed by atoms with Gasteiger partial charge in [0.1, 0.15) is 29.5 Å². The number of hydrogen-bond acceptors (Lipinski definition) is 7. The van der Waals surface area contributed by atoms with Crippen molar-refractivity contribution in [3.8, 4) is 22.7 Å². The molecule has 0 bridgehead atoms. The Hall–Kier alpha value is -4.70. The maximum Gasteiger partial charge on any atom is 0.410 e. The van der Waals surface area contributed by atoms with Crippen LogP contribution in [0.2, 0.25) is 5.02 Å². The summed E-state index contributed by atoms with van der Waals surface area (Å²) in [6, 6.07) is 11.8. The summed E-state index contributed by atoms with van der Waals surface area (Å²) in [6.45, 7) is 20.3. The molecule has 11 heteroatoms. The van der Waals surface area contributed by atoms with Gasteiger partial charge in [0.25, 0.3) is 0 Å². The van der Waals surface area contributed by atoms with Crippen molar-refractivity contribution in [3.05, 3.63) is 94.1 Å². The lowest BCUT2D eigenvalue weighted by atomic mass is 9.97. The van der Waals surface area contributed by atoms with Gasteiger partial charge in [0.15, 0.2) is 11.5 Å². The minimum Gasteiger partial charge on any atom is -0.489 e. The first-order valence-corrected chi connectivity index (χ1v) is 16.3. The van der Waals surface area contributed by atoms with E-state index in [1.54, 1.807) is 35.3 Å². The Morgan fingerprint density at radius 1 is 1.15 bits per heavy atom. The number of carbonyl (C=O) groups is 1. The highest BCUT2D eigenvalue weighted by Crippen LogP contribution is 2.40. The predicted octanol–water partition coefficient (Wildman–Crippen LogP) is 8.02. The molecule has 0 N–H and O–H groups in total. The zero-order chi connectivity index (χ0) is 34.9. The van der Waals surface area contributed by atoms with Crippen molar-refractivity contribution in [3.63, 3.8) is 0 Å². The van der Waals surface area contributed by atoms with Gasteiger partial charge in [-0.05, 0) is 62.9 Å². The van der Waals surface area contributed by atoms with Crippen LogP contribution in [0.15, 0.2) is 66.5 Å². The molecule has 0 spiro atoms. The summed E-state index contributed by atoms with van der Waals surface area (Å²) < 4.78 is 29.3. The summed E-state index contributed by atoms with van der Waals surface area (Å²) in [5.41, 5.74) is 1.24. The number of amides is 1. The molecule has 2 aromatic carbocycles. The van der Waals surface area contributed by atoms with Crippen LogP contribution >= 0.6 is 11.6 Å². The number of aromatic nitrogens is 3. The molecule has 4 aromatic rings. The number of fused-ring (bicyclic) bond motifs is 1. The van der Waals surface area contributed by atoms with Crippen LogP contribution in [0.5, 0.6) is 5.75 Å². The fraction of sp³-hybridized carbons (Fsp3) is 0.351. The van der Waals surface area contributed by atoms with Gasteiger partial charge in [0.05, 0.1) is 21.7 Å². The number of carbonyl (C=O) groups excluding carboxylic acids is 1. The van der Waals surface area contributed by atoms with Crippen LogP contribution in [0.3, 0.4) is 0 Å². The van der Waals surface area contributed by atoms with E-state index in [1.807, 2.05) is 64.6 Å². The standard InChI is InChI=1S/C37H41ClFN5O4/c1-9-19-47-29-16-12-15-27(38)30(29)31-28(39)20-26-33(43-18-17-42(21-23(43)5)36(46)48-37(6,7)8)41-35(45)44(34(26)40-31)32-24(10-2)13-11-14-25(32)22(3)4/h9-16,20,22-23H,1-2,17-19,21H2,3-8H3/t23-/m0/s1. The normalized spacial score (nSPS) is 15.1. The molecular weight excluding hydrogens is 633 g/mol. The molecule has 1 saturated heterocycles. The summed E-state index contributed by atoms with van der Waals surface area (Å²) in [7, 11) is 0. The molecule has 0 radical (unpaired) electrons. The van der Waals surface area contributed by atoms with Gasteiger partial charge in [0.2, 0.25) is 0 Å². The first-order valence-electron chi connectivity index (χ1n) is 15.9. The van der Waals surface area contributed by atoms with Crippen LogP contribution in [0.1, 0.15) is 58.6 Å². The molecule has 2 aromatic heterocycles. The second kappa shape index (κ2) is 13.8. The van der Waals surface area contributed by atoms with E-state index in [0.717, 1.165) is 5.56 Å². The van der Waals surface area contributed by atoms with Crippen molar-refractivity contribution in [2.24, 2.45) is 0 Å². The largest absolute Gasteiger partial charge is 0.489 e. The van der Waals surface area contributed by atoms with Gasteiger partial charge >= 0.3 is 11.8 Å². The summed E-state index contributed by atoms with van der Waals surface area (Å²) in [6.07, 6.45) is 2.83. The van der Waals surface area contributed by atoms with Crippen molar-refractivity contribution in [2.75, 3.05) is 31.1 Å². The molecule has 1 amide bonds. The zero-order valence-electron chi connectivity index (χ0n) is 28.2. The molecule has 252 valence electrons. The average Bonchev–Trinajstić information content (AvgIpc) is 3.02. The Morgan fingerprint density at radius 3 is 2.52 bits per heavy atom. The number of anilines is 1. The van der Waals surface area contributed by atoms with Crippen LogP contribution in [0.25, 0.3) is 34.1 Å². The van der Waals surface area contributed by atoms with Gasteiger partial charge in [-0.3, -0.25) is 0 Å². The van der Waals surface area contributed by atoms with E-state index >= 15 is 4.39 Å². The third-order valence-electron chi connectivity index (χ3n) is 8.09. The van der Waals surface area contributed by atoms with E-state index in [-0.39, 0.29) is 46.3 Å². The lowest BCUT2D eigenvalue weighted by Gasteiger charge is -2.41. The van der Waals surface area contributed by atoms with Crippen LogP contribution < -0.4 is 15.3 Å². The van der Waals surface area contributed by atoms with Gasteiger partial charge in [-0.15, -0.1) is 0 Å². The summed E-state index contributed by atoms with van der Waals surface area (Å²) in [5, 5.41) is 0.550. The SMILES string of the molecule is C=CCOc1cccc(Cl)c1-c1nc2c(cc1F)c(N1CCN(C(=O)OC(C)(C)C)C[C@@H]1C)nc(=O)n2-c1c(C=C)cccc1C(C)C. The lowest BCUT2D eigenvalue weighted by molar-refractivity contribution is 0.0218. The lowest BCUT2D eigenvalue weighted by Crippen LogP contribution is -2.55. The van der Waals surface area contributed by atoms with E-state index in [9.17, 15) is 9.59 Å². The molecule has 0 aliphatic carbocycles. The van der Waals surface area contributed by atoms with E-state index in [1.165, 1.54) is 10.6 Å². The number of benzene rings is 2. The maximum atomic E-state index is 16.4. The molecule has 48 heavy (non-hydrogen) atoms. The Labute approximate surface area is 285 Å². The summed E-state index contributed by atoms with van der Waals surface area (Å²) in [5.74, 6) is -0.0686. The minimum atomic E-state index is -0.673. The number of nitrogens with zero attached hydrogens (tertiary/aromatic N) is 5. The monoisotopic (exact) mass is 673 g/mol. The fourth-order valence-corrected chi connectivity index (χ4v) is 6.19. The summed E-state index contributed by atoms with van der Waals surface area (Å²) >= 11 is 6.66. The number of rotatable bonds is 8. The molecular formula is C37H41ClFN5O4. The van der Waals surface area contributed by atoms with Gasteiger partial charge < -0.3 is 19.3 Å². The number of piperazine rings is 1. The molecule has 1 atom stereocenters. The van der Waals surface area contributed by atoms with Crippen molar-refractivity contribution in [1.29, 1.82) is 0 Å². The molecule has 3 heterocycles. The highest BCUT2D eigenvalue weighted by Gasteiger charge is 2.33. The first kappa shape index (κ1) is 34.6. The molecule has 0 saturated carbocycles. The van der Waals surface area contributed by atoms with Crippen LogP contribution in [-0.2, 0) is 4.74 Å². The highest BCUT2D eigenvalue weighted by atomic mass is 35.5. The average molecular weight is 674 g/mol. The van der Waals surface area contributed by atoms with Gasteiger partial charge in [-0.2, -0.15) is 4.98 Å². The quantitative estimate of drug-likeness (QED) is 0.175. The second-order valence-electron chi connectivity index (χ2n) is 13.1. The third-order valence-corrected chi connectivity index (χ3v) is 8.40. The minimum absolute atomic E-state index is 0.0184. The number of pyridine rings is 1. The number of halogens is 2. The van der Waals surface area contributed by atoms with Crippen molar-refractivity contribution >= 4 is 40.6 Å². The Balaban J connectivity index is 1.78. The second-order valence-corrected chi connectivity index (χ2v) is 13.5. The topological polar surface area (TPSA) is 89.8 Å². The van der Waals surface area contributed by atoms with Crippen LogP contribution in [-0.4, -0.2) is 63.4 Å².